The van der Waals surface area contributed by atoms with Crippen molar-refractivity contribution in [2.24, 2.45) is 5.73 Å². The van der Waals surface area contributed by atoms with Gasteiger partial charge in [0.1, 0.15) is 17.3 Å². The van der Waals surface area contributed by atoms with Crippen LogP contribution in [0.3, 0.4) is 0 Å². The van der Waals surface area contributed by atoms with E-state index in [1.54, 1.807) is 17.0 Å². The molecule has 0 aliphatic rings. The number of aryl methyl sites for hydroxylation is 1. The van der Waals surface area contributed by atoms with Gasteiger partial charge in [-0.1, -0.05) is 0 Å². The number of ether oxygens (including phenoxy) is 1. The number of anilines is 1. The number of amides is 3. The van der Waals surface area contributed by atoms with Crippen LogP contribution in [0, 0.1) is 6.92 Å². The molecule has 1 aromatic carbocycles. The molecule has 0 saturated carbocycles. The predicted molar refractivity (Wildman–Crippen MR) is 94.7 cm³/mol. The van der Waals surface area contributed by atoms with Gasteiger partial charge in [0.2, 0.25) is 5.91 Å². The summed E-state index contributed by atoms with van der Waals surface area (Å²) in [6.07, 6.45) is 0. The Balaban J connectivity index is 2.22. The van der Waals surface area contributed by atoms with E-state index in [4.69, 9.17) is 14.9 Å². The van der Waals surface area contributed by atoms with Crippen LogP contribution in [0.25, 0.3) is 0 Å². The zero-order valence-corrected chi connectivity index (χ0v) is 14.8. The highest BCUT2D eigenvalue weighted by molar-refractivity contribution is 5.97. The Morgan fingerprint density at radius 2 is 2.00 bits per heavy atom. The summed E-state index contributed by atoms with van der Waals surface area (Å²) in [5.41, 5.74) is 5.97. The molecule has 2 aromatic rings. The number of methoxy groups -OCH3 is 1. The molecule has 7 nitrogen and oxygen atoms in total. The fraction of sp³-hybridized carbons (Fsp3) is 0.333. The van der Waals surface area contributed by atoms with Crippen LogP contribution in [0.15, 0.2) is 34.7 Å². The van der Waals surface area contributed by atoms with Gasteiger partial charge in [0.25, 0.3) is 0 Å². The standard InChI is InChI=1S/C18H23N3O4/c1-11(2)21(10-14-7-5-12(3)25-14)18(23)20-15-9-13(17(19)22)6-8-16(15)24-4/h5-9,11H,10H2,1-4H3,(H2,19,22)(H,20,23). The zero-order chi connectivity index (χ0) is 18.6. The largest absolute Gasteiger partial charge is 0.495 e. The van der Waals surface area contributed by atoms with Gasteiger partial charge >= 0.3 is 6.03 Å². The van der Waals surface area contributed by atoms with Gasteiger partial charge in [-0.25, -0.2) is 4.79 Å². The second-order valence-electron chi connectivity index (χ2n) is 5.94. The van der Waals surface area contributed by atoms with Gasteiger partial charge in [-0.2, -0.15) is 0 Å². The van der Waals surface area contributed by atoms with Gasteiger partial charge in [-0.3, -0.25) is 4.79 Å². The highest BCUT2D eigenvalue weighted by atomic mass is 16.5. The number of hydrogen-bond acceptors (Lipinski definition) is 4. The van der Waals surface area contributed by atoms with E-state index in [1.807, 2.05) is 32.9 Å². The van der Waals surface area contributed by atoms with Gasteiger partial charge in [0.05, 0.1) is 19.3 Å². The van der Waals surface area contributed by atoms with E-state index in [9.17, 15) is 9.59 Å². The zero-order valence-electron chi connectivity index (χ0n) is 14.8. The molecule has 7 heteroatoms. The fourth-order valence-corrected chi connectivity index (χ4v) is 2.37. The molecule has 2 rings (SSSR count). The number of primary amides is 1. The molecule has 0 fully saturated rings. The van der Waals surface area contributed by atoms with Crippen molar-refractivity contribution in [1.82, 2.24) is 4.90 Å². The third-order valence-electron chi connectivity index (χ3n) is 3.73. The summed E-state index contributed by atoms with van der Waals surface area (Å²) in [5, 5.41) is 2.78. The van der Waals surface area contributed by atoms with Crippen molar-refractivity contribution in [2.45, 2.75) is 33.4 Å². The number of urea groups is 1. The summed E-state index contributed by atoms with van der Waals surface area (Å²) in [4.78, 5) is 25.7. The summed E-state index contributed by atoms with van der Waals surface area (Å²) in [7, 11) is 1.49. The Bertz CT molecular complexity index is 767. The molecule has 0 atom stereocenters. The first-order valence-corrected chi connectivity index (χ1v) is 7.92. The Morgan fingerprint density at radius 1 is 1.28 bits per heavy atom. The van der Waals surface area contributed by atoms with Crippen molar-refractivity contribution >= 4 is 17.6 Å². The Morgan fingerprint density at radius 3 is 2.52 bits per heavy atom. The molecule has 0 spiro atoms. The molecular weight excluding hydrogens is 322 g/mol. The SMILES string of the molecule is COc1ccc(C(N)=O)cc1NC(=O)N(Cc1ccc(C)o1)C(C)C. The van der Waals surface area contributed by atoms with Crippen LogP contribution in [0.4, 0.5) is 10.5 Å². The topological polar surface area (TPSA) is 97.8 Å². The van der Waals surface area contributed by atoms with Crippen LogP contribution in [0.2, 0.25) is 0 Å². The maximum atomic E-state index is 12.7. The highest BCUT2D eigenvalue weighted by Gasteiger charge is 2.20. The van der Waals surface area contributed by atoms with Crippen LogP contribution in [0.5, 0.6) is 5.75 Å². The van der Waals surface area contributed by atoms with E-state index < -0.39 is 5.91 Å². The van der Waals surface area contributed by atoms with E-state index in [0.717, 1.165) is 5.76 Å². The fourth-order valence-electron chi connectivity index (χ4n) is 2.37. The molecule has 3 N–H and O–H groups in total. The maximum Gasteiger partial charge on any atom is 0.322 e. The van der Waals surface area contributed by atoms with E-state index in [2.05, 4.69) is 5.32 Å². The Labute approximate surface area is 146 Å². The molecule has 1 aromatic heterocycles. The van der Waals surface area contributed by atoms with Crippen molar-refractivity contribution < 1.29 is 18.7 Å². The minimum atomic E-state index is -0.579. The lowest BCUT2D eigenvalue weighted by Crippen LogP contribution is -2.39. The van der Waals surface area contributed by atoms with Crippen LogP contribution in [-0.2, 0) is 6.54 Å². The smallest absolute Gasteiger partial charge is 0.322 e. The van der Waals surface area contributed by atoms with Gasteiger partial charge in [0.15, 0.2) is 0 Å². The van der Waals surface area contributed by atoms with E-state index in [0.29, 0.717) is 23.7 Å². The van der Waals surface area contributed by atoms with E-state index in [1.165, 1.54) is 13.2 Å². The van der Waals surface area contributed by atoms with Gasteiger partial charge < -0.3 is 25.1 Å². The maximum absolute atomic E-state index is 12.7. The number of rotatable bonds is 6. The summed E-state index contributed by atoms with van der Waals surface area (Å²) >= 11 is 0. The average molecular weight is 345 g/mol. The Kier molecular flexibility index (Phi) is 5.69. The third-order valence-corrected chi connectivity index (χ3v) is 3.73. The number of carbonyl (C=O) groups is 2. The van der Waals surface area contributed by atoms with E-state index >= 15 is 0 Å². The molecular formula is C18H23N3O4. The highest BCUT2D eigenvalue weighted by Crippen LogP contribution is 2.26. The summed E-state index contributed by atoms with van der Waals surface area (Å²) in [6.45, 7) is 6.00. The number of furan rings is 1. The first-order chi connectivity index (χ1) is 11.8. The van der Waals surface area contributed by atoms with Gasteiger partial charge in [-0.05, 0) is 51.1 Å². The lowest BCUT2D eigenvalue weighted by atomic mass is 10.1. The molecule has 0 saturated heterocycles. The normalized spacial score (nSPS) is 10.6. The first kappa shape index (κ1) is 18.4. The Hall–Kier alpha value is -2.96. The third kappa shape index (κ3) is 4.53. The molecule has 0 bridgehead atoms. The second kappa shape index (κ2) is 7.74. The van der Waals surface area contributed by atoms with Crippen molar-refractivity contribution in [2.75, 3.05) is 12.4 Å². The summed E-state index contributed by atoms with van der Waals surface area (Å²) in [5.74, 6) is 1.34. The molecule has 0 aliphatic carbocycles. The number of nitrogens with zero attached hydrogens (tertiary/aromatic N) is 1. The number of carbonyl (C=O) groups excluding carboxylic acids is 2. The minimum absolute atomic E-state index is 0.0595. The van der Waals surface area contributed by atoms with Crippen LogP contribution in [-0.4, -0.2) is 30.0 Å². The summed E-state index contributed by atoms with van der Waals surface area (Å²) < 4.78 is 10.8. The van der Waals surface area contributed by atoms with E-state index in [-0.39, 0.29) is 17.6 Å². The van der Waals surface area contributed by atoms with Gasteiger partial charge in [-0.15, -0.1) is 0 Å². The second-order valence-corrected chi connectivity index (χ2v) is 5.94. The molecule has 1 heterocycles. The van der Waals surface area contributed by atoms with Crippen LogP contribution < -0.4 is 15.8 Å². The molecule has 134 valence electrons. The molecule has 0 aliphatic heterocycles. The predicted octanol–water partition coefficient (Wildman–Crippen LogP) is 3.14. The average Bonchev–Trinajstić information content (AvgIpc) is 2.97. The van der Waals surface area contributed by atoms with Crippen molar-refractivity contribution in [3.63, 3.8) is 0 Å². The summed E-state index contributed by atoms with van der Waals surface area (Å²) in [6, 6.07) is 7.93. The lowest BCUT2D eigenvalue weighted by Gasteiger charge is -2.26. The number of benzene rings is 1. The van der Waals surface area contributed by atoms with Crippen molar-refractivity contribution in [3.8, 4) is 5.75 Å². The first-order valence-electron chi connectivity index (χ1n) is 7.92. The van der Waals surface area contributed by atoms with Gasteiger partial charge in [0, 0.05) is 11.6 Å². The number of nitrogens with one attached hydrogen (secondary N) is 1. The number of nitrogens with two attached hydrogens (primary N) is 1. The molecule has 0 unspecified atom stereocenters. The monoisotopic (exact) mass is 345 g/mol. The quantitative estimate of drug-likeness (QED) is 0.840. The molecule has 25 heavy (non-hydrogen) atoms. The molecule has 0 radical (unpaired) electrons. The van der Waals surface area contributed by atoms with Crippen molar-refractivity contribution in [1.29, 1.82) is 0 Å². The van der Waals surface area contributed by atoms with Crippen LogP contribution in [0.1, 0.15) is 35.7 Å². The lowest BCUT2D eigenvalue weighted by molar-refractivity contribution is 0.1000. The van der Waals surface area contributed by atoms with Crippen LogP contribution >= 0.6 is 0 Å². The van der Waals surface area contributed by atoms with Crippen molar-refractivity contribution in [3.05, 3.63) is 47.4 Å². The molecule has 3 amide bonds. The minimum Gasteiger partial charge on any atom is -0.495 e. The number of hydrogen-bond donors (Lipinski definition) is 2.